The fourth-order valence-corrected chi connectivity index (χ4v) is 3.98. The van der Waals surface area contributed by atoms with Crippen molar-refractivity contribution in [3.63, 3.8) is 0 Å². The summed E-state index contributed by atoms with van der Waals surface area (Å²) in [6.07, 6.45) is 5.30. The number of aliphatic hydroxyl groups is 1. The van der Waals surface area contributed by atoms with Gasteiger partial charge in [-0.2, -0.15) is 0 Å². The predicted octanol–water partition coefficient (Wildman–Crippen LogP) is 2.75. The second-order valence-corrected chi connectivity index (χ2v) is 6.38. The van der Waals surface area contributed by atoms with Gasteiger partial charge in [0.1, 0.15) is 5.75 Å². The predicted molar refractivity (Wildman–Crippen MR) is 79.8 cm³/mol. The maximum atomic E-state index is 10.2. The average molecular weight is 275 g/mol. The van der Waals surface area contributed by atoms with Crippen molar-refractivity contribution in [2.45, 2.75) is 31.8 Å². The number of fused-ring (bicyclic) bond motifs is 2. The molecule has 0 saturated heterocycles. The van der Waals surface area contributed by atoms with Crippen molar-refractivity contribution in [2.24, 2.45) is 17.8 Å². The van der Waals surface area contributed by atoms with E-state index in [1.165, 1.54) is 25.7 Å². The summed E-state index contributed by atoms with van der Waals surface area (Å²) in [6, 6.07) is 7.66. The topological polar surface area (TPSA) is 41.5 Å². The number of methoxy groups -OCH3 is 1. The van der Waals surface area contributed by atoms with Crippen molar-refractivity contribution >= 4 is 0 Å². The van der Waals surface area contributed by atoms with Crippen LogP contribution >= 0.6 is 0 Å². The van der Waals surface area contributed by atoms with Crippen molar-refractivity contribution in [3.8, 4) is 5.75 Å². The lowest BCUT2D eigenvalue weighted by molar-refractivity contribution is 0.169. The third-order valence-electron chi connectivity index (χ3n) is 5.13. The number of benzene rings is 1. The maximum Gasteiger partial charge on any atom is 0.118 e. The Morgan fingerprint density at radius 1 is 1.25 bits per heavy atom. The summed E-state index contributed by atoms with van der Waals surface area (Å²) in [7, 11) is 1.66. The van der Waals surface area contributed by atoms with Crippen LogP contribution in [0.25, 0.3) is 0 Å². The highest BCUT2D eigenvalue weighted by molar-refractivity contribution is 5.28. The van der Waals surface area contributed by atoms with Gasteiger partial charge in [0.05, 0.1) is 13.2 Å². The van der Waals surface area contributed by atoms with E-state index < -0.39 is 6.10 Å². The molecule has 20 heavy (non-hydrogen) atoms. The van der Waals surface area contributed by atoms with Gasteiger partial charge in [0.2, 0.25) is 0 Å². The second-order valence-electron chi connectivity index (χ2n) is 6.38. The second kappa shape index (κ2) is 6.15. The number of aliphatic hydroxyl groups excluding tert-OH is 1. The van der Waals surface area contributed by atoms with Crippen LogP contribution in [-0.4, -0.2) is 25.3 Å². The van der Waals surface area contributed by atoms with Gasteiger partial charge in [0.15, 0.2) is 0 Å². The molecule has 2 bridgehead atoms. The number of hydrogen-bond donors (Lipinski definition) is 2. The summed E-state index contributed by atoms with van der Waals surface area (Å²) in [5, 5.41) is 13.6. The first kappa shape index (κ1) is 13.9. The van der Waals surface area contributed by atoms with E-state index in [1.807, 2.05) is 24.3 Å². The molecule has 3 nitrogen and oxygen atoms in total. The Kier molecular flexibility index (Phi) is 4.27. The Bertz CT molecular complexity index is 431. The summed E-state index contributed by atoms with van der Waals surface area (Å²) in [5.41, 5.74) is 0.950. The lowest BCUT2D eigenvalue weighted by Gasteiger charge is -2.22. The molecule has 0 amide bonds. The standard InChI is InChI=1S/C17H25NO2/c1-20-16-6-4-13(5-7-16)17(19)11-18-10-15-9-12-2-3-14(15)8-12/h4-7,12,14-15,17-19H,2-3,8-11H2,1H3. The molecular formula is C17H25NO2. The van der Waals surface area contributed by atoms with Gasteiger partial charge in [-0.3, -0.25) is 0 Å². The molecule has 4 unspecified atom stereocenters. The van der Waals surface area contributed by atoms with Crippen LogP contribution in [0.1, 0.15) is 37.4 Å². The highest BCUT2D eigenvalue weighted by atomic mass is 16.5. The van der Waals surface area contributed by atoms with Crippen molar-refractivity contribution < 1.29 is 9.84 Å². The summed E-state index contributed by atoms with van der Waals surface area (Å²) in [6.45, 7) is 1.70. The Labute approximate surface area is 121 Å². The SMILES string of the molecule is COc1ccc(C(O)CNCC2CC3CCC2C3)cc1. The van der Waals surface area contributed by atoms with Crippen molar-refractivity contribution in [2.75, 3.05) is 20.2 Å². The summed E-state index contributed by atoms with van der Waals surface area (Å²) < 4.78 is 5.13. The Morgan fingerprint density at radius 3 is 2.65 bits per heavy atom. The Hall–Kier alpha value is -1.06. The third-order valence-corrected chi connectivity index (χ3v) is 5.13. The van der Waals surface area contributed by atoms with Crippen LogP contribution in [-0.2, 0) is 0 Å². The molecular weight excluding hydrogens is 250 g/mol. The van der Waals surface area contributed by atoms with Gasteiger partial charge in [0.25, 0.3) is 0 Å². The number of hydrogen-bond acceptors (Lipinski definition) is 3. The van der Waals surface area contributed by atoms with Crippen molar-refractivity contribution in [1.29, 1.82) is 0 Å². The highest BCUT2D eigenvalue weighted by Gasteiger charge is 2.38. The zero-order valence-electron chi connectivity index (χ0n) is 12.2. The highest BCUT2D eigenvalue weighted by Crippen LogP contribution is 2.47. The Morgan fingerprint density at radius 2 is 2.05 bits per heavy atom. The molecule has 1 aromatic carbocycles. The number of rotatable bonds is 6. The normalized spacial score (nSPS) is 29.6. The van der Waals surface area contributed by atoms with E-state index in [9.17, 15) is 5.11 Å². The zero-order chi connectivity index (χ0) is 13.9. The fourth-order valence-electron chi connectivity index (χ4n) is 3.98. The monoisotopic (exact) mass is 275 g/mol. The van der Waals surface area contributed by atoms with Gasteiger partial charge in [0, 0.05) is 6.54 Å². The molecule has 2 N–H and O–H groups in total. The molecule has 3 rings (SSSR count). The largest absolute Gasteiger partial charge is 0.497 e. The van der Waals surface area contributed by atoms with E-state index in [4.69, 9.17) is 4.74 Å². The molecule has 0 aliphatic heterocycles. The third kappa shape index (κ3) is 2.99. The zero-order valence-corrected chi connectivity index (χ0v) is 12.2. The van der Waals surface area contributed by atoms with Crippen LogP contribution in [0.5, 0.6) is 5.75 Å². The molecule has 0 heterocycles. The van der Waals surface area contributed by atoms with E-state index in [0.29, 0.717) is 6.54 Å². The van der Waals surface area contributed by atoms with Crippen molar-refractivity contribution in [3.05, 3.63) is 29.8 Å². The van der Waals surface area contributed by atoms with Crippen molar-refractivity contribution in [1.82, 2.24) is 5.32 Å². The first-order valence-electron chi connectivity index (χ1n) is 7.79. The van der Waals surface area contributed by atoms with Crippen LogP contribution in [0.15, 0.2) is 24.3 Å². The van der Waals surface area contributed by atoms with Crippen LogP contribution < -0.4 is 10.1 Å². The molecule has 2 fully saturated rings. The summed E-state index contributed by atoms with van der Waals surface area (Å²) in [5.74, 6) is 3.62. The first-order valence-corrected chi connectivity index (χ1v) is 7.79. The van der Waals surface area contributed by atoms with E-state index in [0.717, 1.165) is 35.6 Å². The molecule has 1 aromatic rings. The average Bonchev–Trinajstić information content (AvgIpc) is 3.10. The molecule has 0 aromatic heterocycles. The molecule has 3 heteroatoms. The summed E-state index contributed by atoms with van der Waals surface area (Å²) in [4.78, 5) is 0. The fraction of sp³-hybridized carbons (Fsp3) is 0.647. The van der Waals surface area contributed by atoms with E-state index in [-0.39, 0.29) is 0 Å². The van der Waals surface area contributed by atoms with Gasteiger partial charge in [-0.25, -0.2) is 0 Å². The maximum absolute atomic E-state index is 10.2. The summed E-state index contributed by atoms with van der Waals surface area (Å²) >= 11 is 0. The smallest absolute Gasteiger partial charge is 0.118 e. The minimum absolute atomic E-state index is 0.431. The molecule has 2 aliphatic rings. The van der Waals surface area contributed by atoms with E-state index in [1.54, 1.807) is 7.11 Å². The minimum atomic E-state index is -0.431. The van der Waals surface area contributed by atoms with Gasteiger partial charge >= 0.3 is 0 Å². The Balaban J connectivity index is 1.43. The van der Waals surface area contributed by atoms with E-state index in [2.05, 4.69) is 5.32 Å². The van der Waals surface area contributed by atoms with E-state index >= 15 is 0 Å². The molecule has 0 spiro atoms. The lowest BCUT2D eigenvalue weighted by atomic mass is 9.89. The minimum Gasteiger partial charge on any atom is -0.497 e. The molecule has 2 saturated carbocycles. The molecule has 110 valence electrons. The number of ether oxygens (including phenoxy) is 1. The van der Waals surface area contributed by atoms with Crippen LogP contribution in [0.4, 0.5) is 0 Å². The molecule has 4 atom stereocenters. The van der Waals surface area contributed by atoms with Gasteiger partial charge in [-0.1, -0.05) is 18.6 Å². The van der Waals surface area contributed by atoms with Crippen LogP contribution in [0.2, 0.25) is 0 Å². The quantitative estimate of drug-likeness (QED) is 0.839. The van der Waals surface area contributed by atoms with Crippen LogP contribution in [0, 0.1) is 17.8 Å². The molecule has 2 aliphatic carbocycles. The first-order chi connectivity index (χ1) is 9.76. The number of nitrogens with one attached hydrogen (secondary N) is 1. The van der Waals surface area contributed by atoms with Gasteiger partial charge < -0.3 is 15.2 Å². The lowest BCUT2D eigenvalue weighted by Crippen LogP contribution is -2.29. The van der Waals surface area contributed by atoms with Gasteiger partial charge in [-0.05, 0) is 61.3 Å². The van der Waals surface area contributed by atoms with Gasteiger partial charge in [-0.15, -0.1) is 0 Å². The van der Waals surface area contributed by atoms with Crippen LogP contribution in [0.3, 0.4) is 0 Å². The molecule has 0 radical (unpaired) electrons.